The van der Waals surface area contributed by atoms with E-state index < -0.39 is 30.3 Å². The number of nitrogens with zero attached hydrogens (tertiary/aromatic N) is 2. The first-order valence-electron chi connectivity index (χ1n) is 9.84. The molecule has 1 fully saturated rings. The Bertz CT molecular complexity index is 1150. The quantitative estimate of drug-likeness (QED) is 0.419. The number of nitrogens with one attached hydrogen (secondary N) is 1. The molecule has 0 aliphatic carbocycles. The summed E-state index contributed by atoms with van der Waals surface area (Å²) in [6.45, 7) is -0.492. The molecule has 0 saturated carbocycles. The summed E-state index contributed by atoms with van der Waals surface area (Å²) in [6.07, 6.45) is 0.451. The maximum Gasteiger partial charge on any atom is 0.334 e. The number of carbonyl (C=O) groups excluding carboxylic acids is 4. The largest absolute Gasteiger partial charge is 0.455 e. The monoisotopic (exact) mass is 449 g/mol. The first kappa shape index (κ1) is 21.3. The van der Waals surface area contributed by atoms with Crippen molar-refractivity contribution in [2.45, 2.75) is 6.42 Å². The van der Waals surface area contributed by atoms with Gasteiger partial charge in [0.05, 0.1) is 5.69 Å². The number of hydrogen-bond donors (Lipinski definition) is 1. The lowest BCUT2D eigenvalue weighted by molar-refractivity contribution is -0.143. The average Bonchev–Trinajstić information content (AvgIpc) is 3.38. The van der Waals surface area contributed by atoms with E-state index in [0.717, 1.165) is 9.78 Å². The van der Waals surface area contributed by atoms with Crippen LogP contribution in [0, 0.1) is 0 Å². The average molecular weight is 449 g/mol. The smallest absolute Gasteiger partial charge is 0.334 e. The number of thiophene rings is 1. The van der Waals surface area contributed by atoms with E-state index in [4.69, 9.17) is 4.74 Å². The summed E-state index contributed by atoms with van der Waals surface area (Å²) in [6, 6.07) is 18.8. The van der Waals surface area contributed by atoms with Gasteiger partial charge in [-0.15, -0.1) is 11.3 Å². The molecule has 1 aliphatic rings. The molecule has 4 rings (SSSR count). The molecule has 1 N–H and O–H groups in total. The highest BCUT2D eigenvalue weighted by Gasteiger charge is 2.44. The summed E-state index contributed by atoms with van der Waals surface area (Å²) in [5.41, 5.74) is 0.376. The van der Waals surface area contributed by atoms with Crippen LogP contribution in [0.25, 0.3) is 0 Å². The minimum Gasteiger partial charge on any atom is -0.455 e. The highest BCUT2D eigenvalue weighted by Crippen LogP contribution is 2.29. The van der Waals surface area contributed by atoms with Gasteiger partial charge in [-0.05, 0) is 35.7 Å². The number of para-hydroxylation sites is 3. The van der Waals surface area contributed by atoms with Crippen molar-refractivity contribution in [1.29, 1.82) is 0 Å². The first-order chi connectivity index (χ1) is 15.5. The highest BCUT2D eigenvalue weighted by molar-refractivity contribution is 7.09. The number of amides is 5. The second-order valence-electron chi connectivity index (χ2n) is 6.92. The lowest BCUT2D eigenvalue weighted by Gasteiger charge is -2.16. The van der Waals surface area contributed by atoms with E-state index >= 15 is 0 Å². The van der Waals surface area contributed by atoms with E-state index in [1.807, 2.05) is 35.7 Å². The molecule has 9 heteroatoms. The first-order valence-corrected chi connectivity index (χ1v) is 10.7. The van der Waals surface area contributed by atoms with Crippen LogP contribution < -0.4 is 10.1 Å². The fourth-order valence-electron chi connectivity index (χ4n) is 3.17. The summed E-state index contributed by atoms with van der Waals surface area (Å²) >= 11 is 1.50. The Labute approximate surface area is 188 Å². The van der Waals surface area contributed by atoms with Crippen LogP contribution in [0.15, 0.2) is 72.1 Å². The molecule has 8 nitrogen and oxygen atoms in total. The number of imide groups is 2. The van der Waals surface area contributed by atoms with Crippen molar-refractivity contribution in [3.05, 3.63) is 77.0 Å². The van der Waals surface area contributed by atoms with Crippen LogP contribution in [-0.2, 0) is 20.8 Å². The minimum atomic E-state index is -1.01. The molecule has 1 saturated heterocycles. The third kappa shape index (κ3) is 4.68. The summed E-state index contributed by atoms with van der Waals surface area (Å²) in [4.78, 5) is 52.2. The summed E-state index contributed by atoms with van der Waals surface area (Å²) in [7, 11) is 0. The van der Waals surface area contributed by atoms with Crippen LogP contribution in [0.2, 0.25) is 0 Å². The van der Waals surface area contributed by atoms with Gasteiger partial charge in [0, 0.05) is 17.8 Å². The summed E-state index contributed by atoms with van der Waals surface area (Å²) < 4.78 is 5.80. The van der Waals surface area contributed by atoms with E-state index in [9.17, 15) is 19.2 Å². The zero-order valence-electron chi connectivity index (χ0n) is 16.9. The fourth-order valence-corrected chi connectivity index (χ4v) is 3.87. The van der Waals surface area contributed by atoms with Crippen molar-refractivity contribution in [1.82, 2.24) is 9.80 Å². The SMILES string of the molecule is O=C(CN1C(=O)C(=O)N(CCc2cccs2)C1=O)Nc1ccccc1Oc1ccccc1. The van der Waals surface area contributed by atoms with Crippen molar-refractivity contribution in [3.63, 3.8) is 0 Å². The van der Waals surface area contributed by atoms with E-state index in [0.29, 0.717) is 28.5 Å². The highest BCUT2D eigenvalue weighted by atomic mass is 32.1. The molecule has 0 radical (unpaired) electrons. The Balaban J connectivity index is 1.40. The molecule has 0 bridgehead atoms. The zero-order valence-corrected chi connectivity index (χ0v) is 17.7. The van der Waals surface area contributed by atoms with Crippen LogP contribution in [0.4, 0.5) is 10.5 Å². The third-order valence-electron chi connectivity index (χ3n) is 4.73. The minimum absolute atomic E-state index is 0.0792. The number of ether oxygens (including phenoxy) is 1. The van der Waals surface area contributed by atoms with Gasteiger partial charge in [-0.2, -0.15) is 0 Å². The molecule has 0 atom stereocenters. The Morgan fingerprint density at radius 1 is 0.875 bits per heavy atom. The molecule has 162 valence electrons. The van der Waals surface area contributed by atoms with Gasteiger partial charge in [-0.25, -0.2) is 9.69 Å². The molecule has 1 aromatic heterocycles. The van der Waals surface area contributed by atoms with E-state index in [1.54, 1.807) is 36.4 Å². The van der Waals surface area contributed by atoms with Crippen LogP contribution in [-0.4, -0.2) is 46.6 Å². The molecule has 3 aromatic rings. The van der Waals surface area contributed by atoms with E-state index in [-0.39, 0.29) is 6.54 Å². The van der Waals surface area contributed by atoms with Crippen LogP contribution in [0.5, 0.6) is 11.5 Å². The van der Waals surface area contributed by atoms with Gasteiger partial charge < -0.3 is 10.1 Å². The number of hydrogen-bond acceptors (Lipinski definition) is 6. The van der Waals surface area contributed by atoms with Gasteiger partial charge >= 0.3 is 17.8 Å². The fraction of sp³-hybridized carbons (Fsp3) is 0.130. The van der Waals surface area contributed by atoms with E-state index in [2.05, 4.69) is 5.32 Å². The van der Waals surface area contributed by atoms with E-state index in [1.165, 1.54) is 11.3 Å². The lowest BCUT2D eigenvalue weighted by Crippen LogP contribution is -2.39. The lowest BCUT2D eigenvalue weighted by atomic mass is 10.2. The summed E-state index contributed by atoms with van der Waals surface area (Å²) in [5, 5.41) is 4.54. The molecule has 2 aromatic carbocycles. The Morgan fingerprint density at radius 2 is 1.59 bits per heavy atom. The molecule has 2 heterocycles. The molecular weight excluding hydrogens is 430 g/mol. The summed E-state index contributed by atoms with van der Waals surface area (Å²) in [5.74, 6) is -1.56. The van der Waals surface area contributed by atoms with Crippen molar-refractivity contribution in [2.75, 3.05) is 18.4 Å². The second kappa shape index (κ2) is 9.44. The van der Waals surface area contributed by atoms with Gasteiger partial charge in [0.15, 0.2) is 5.75 Å². The molecule has 5 amide bonds. The number of urea groups is 1. The van der Waals surface area contributed by atoms with Crippen molar-refractivity contribution in [3.8, 4) is 11.5 Å². The van der Waals surface area contributed by atoms with Gasteiger partial charge in [-0.1, -0.05) is 36.4 Å². The Morgan fingerprint density at radius 3 is 2.34 bits per heavy atom. The van der Waals surface area contributed by atoms with Crippen molar-refractivity contribution < 1.29 is 23.9 Å². The third-order valence-corrected chi connectivity index (χ3v) is 5.67. The van der Waals surface area contributed by atoms with Crippen LogP contribution in [0.1, 0.15) is 4.88 Å². The Kier molecular flexibility index (Phi) is 6.27. The molecule has 0 spiro atoms. The van der Waals surface area contributed by atoms with Gasteiger partial charge in [0.1, 0.15) is 12.3 Å². The number of carbonyl (C=O) groups is 4. The Hall–Kier alpha value is -3.98. The van der Waals surface area contributed by atoms with Gasteiger partial charge in [0.25, 0.3) is 0 Å². The second-order valence-corrected chi connectivity index (χ2v) is 7.95. The molecule has 1 aliphatic heterocycles. The maximum atomic E-state index is 12.6. The normalized spacial score (nSPS) is 13.6. The molecule has 32 heavy (non-hydrogen) atoms. The zero-order chi connectivity index (χ0) is 22.5. The van der Waals surface area contributed by atoms with Crippen molar-refractivity contribution >= 4 is 40.8 Å². The van der Waals surface area contributed by atoms with Crippen molar-refractivity contribution in [2.24, 2.45) is 0 Å². The molecule has 0 unspecified atom stereocenters. The van der Waals surface area contributed by atoms with Gasteiger partial charge in [0.2, 0.25) is 5.91 Å². The molecular formula is C23H19N3O5S. The number of benzene rings is 2. The predicted molar refractivity (Wildman–Crippen MR) is 118 cm³/mol. The number of anilines is 1. The van der Waals surface area contributed by atoms with Crippen LogP contribution >= 0.6 is 11.3 Å². The van der Waals surface area contributed by atoms with Gasteiger partial charge in [-0.3, -0.25) is 19.3 Å². The maximum absolute atomic E-state index is 12.6. The standard InChI is InChI=1S/C23H19N3O5S/c27-20(24-18-10-4-5-11-19(18)31-16-7-2-1-3-8-16)15-26-22(29)21(28)25(23(26)30)13-12-17-9-6-14-32-17/h1-11,14H,12-13,15H2,(H,24,27). The van der Waals surface area contributed by atoms with Crippen LogP contribution in [0.3, 0.4) is 0 Å². The number of rotatable bonds is 8. The predicted octanol–water partition coefficient (Wildman–Crippen LogP) is 3.51. The topological polar surface area (TPSA) is 96.0 Å².